The number of hydrogen-bond donors (Lipinski definition) is 0. The molecule has 13 heavy (non-hydrogen) atoms. The van der Waals surface area contributed by atoms with Crippen LogP contribution in [0.2, 0.25) is 0 Å². The summed E-state index contributed by atoms with van der Waals surface area (Å²) in [6, 6.07) is 0. The summed E-state index contributed by atoms with van der Waals surface area (Å²) >= 11 is 6.62. The molecule has 0 bridgehead atoms. The highest BCUT2D eigenvalue weighted by Gasteiger charge is 2.22. The molecule has 4 heteroatoms. The van der Waals surface area contributed by atoms with Gasteiger partial charge in [-0.1, -0.05) is 31.9 Å². The Kier molecular flexibility index (Phi) is 6.21. The molecule has 78 valence electrons. The molecule has 0 radical (unpaired) electrons. The predicted molar refractivity (Wildman–Crippen MR) is 61.6 cm³/mol. The molecule has 0 aliphatic rings. The number of alkyl halides is 2. The number of carbonyl (C=O) groups is 1. The fourth-order valence-corrected chi connectivity index (χ4v) is 1.48. The predicted octanol–water partition coefficient (Wildman–Crippen LogP) is 3.27. The molecule has 0 spiro atoms. The topological polar surface area (TPSA) is 26.3 Å². The van der Waals surface area contributed by atoms with E-state index in [2.05, 4.69) is 31.9 Å². The number of rotatable bonds is 4. The maximum atomic E-state index is 11.4. The van der Waals surface area contributed by atoms with Gasteiger partial charge in [0.05, 0.1) is 0 Å². The summed E-state index contributed by atoms with van der Waals surface area (Å²) in [7, 11) is 0. The Labute approximate surface area is 96.7 Å². The van der Waals surface area contributed by atoms with Crippen LogP contribution in [0, 0.1) is 0 Å². The molecule has 0 amide bonds. The van der Waals surface area contributed by atoms with Crippen LogP contribution in [0.1, 0.15) is 33.6 Å². The van der Waals surface area contributed by atoms with Crippen molar-refractivity contribution >= 4 is 37.8 Å². The van der Waals surface area contributed by atoms with Crippen LogP contribution in [0.3, 0.4) is 0 Å². The molecule has 2 nitrogen and oxygen atoms in total. The first kappa shape index (κ1) is 13.4. The van der Waals surface area contributed by atoms with Crippen LogP contribution in [-0.4, -0.2) is 21.7 Å². The second kappa shape index (κ2) is 6.02. The lowest BCUT2D eigenvalue weighted by Crippen LogP contribution is -2.29. The normalized spacial score (nSPS) is 13.9. The maximum Gasteiger partial charge on any atom is 0.320 e. The maximum absolute atomic E-state index is 11.4. The Morgan fingerprint density at radius 1 is 1.46 bits per heavy atom. The van der Waals surface area contributed by atoms with Gasteiger partial charge in [-0.3, -0.25) is 4.79 Å². The van der Waals surface area contributed by atoms with E-state index in [1.807, 2.05) is 20.8 Å². The second-order valence-electron chi connectivity index (χ2n) is 3.83. The number of halogens is 2. The standard InChI is InChI=1S/C9H16Br2O2/c1-9(2,3)13-8(12)7(11)5-4-6-10/h7H,4-6H2,1-3H3. The van der Waals surface area contributed by atoms with E-state index in [1.54, 1.807) is 0 Å². The molecule has 0 aliphatic heterocycles. The van der Waals surface area contributed by atoms with Gasteiger partial charge in [0.2, 0.25) is 0 Å². The zero-order chi connectivity index (χ0) is 10.5. The Hall–Kier alpha value is 0.430. The van der Waals surface area contributed by atoms with E-state index < -0.39 is 5.60 Å². The summed E-state index contributed by atoms with van der Waals surface area (Å²) in [6.45, 7) is 5.61. The monoisotopic (exact) mass is 314 g/mol. The van der Waals surface area contributed by atoms with E-state index in [1.165, 1.54) is 0 Å². The highest BCUT2D eigenvalue weighted by Crippen LogP contribution is 2.16. The third kappa shape index (κ3) is 7.50. The largest absolute Gasteiger partial charge is 0.459 e. The number of ether oxygens (including phenoxy) is 1. The molecule has 0 N–H and O–H groups in total. The summed E-state index contributed by atoms with van der Waals surface area (Å²) in [5, 5.41) is 0.915. The van der Waals surface area contributed by atoms with Gasteiger partial charge in [-0.25, -0.2) is 0 Å². The molecule has 0 saturated carbocycles. The smallest absolute Gasteiger partial charge is 0.320 e. The summed E-state index contributed by atoms with van der Waals surface area (Å²) in [6.07, 6.45) is 1.77. The minimum absolute atomic E-state index is 0.173. The minimum Gasteiger partial charge on any atom is -0.459 e. The van der Waals surface area contributed by atoms with Gasteiger partial charge in [-0.2, -0.15) is 0 Å². The van der Waals surface area contributed by atoms with Gasteiger partial charge in [0.1, 0.15) is 10.4 Å². The Morgan fingerprint density at radius 3 is 2.38 bits per heavy atom. The van der Waals surface area contributed by atoms with Gasteiger partial charge in [-0.15, -0.1) is 0 Å². The third-order valence-corrected chi connectivity index (χ3v) is 2.65. The summed E-state index contributed by atoms with van der Waals surface area (Å²) in [4.78, 5) is 11.2. The molecule has 0 heterocycles. The van der Waals surface area contributed by atoms with E-state index >= 15 is 0 Å². The summed E-state index contributed by atoms with van der Waals surface area (Å²) in [5.41, 5.74) is -0.391. The van der Waals surface area contributed by atoms with Crippen molar-refractivity contribution < 1.29 is 9.53 Å². The van der Waals surface area contributed by atoms with Crippen LogP contribution in [0.4, 0.5) is 0 Å². The van der Waals surface area contributed by atoms with Crippen molar-refractivity contribution in [2.24, 2.45) is 0 Å². The molecular weight excluding hydrogens is 300 g/mol. The van der Waals surface area contributed by atoms with Crippen LogP contribution >= 0.6 is 31.9 Å². The van der Waals surface area contributed by atoms with Crippen LogP contribution in [0.5, 0.6) is 0 Å². The lowest BCUT2D eigenvalue weighted by Gasteiger charge is -2.21. The lowest BCUT2D eigenvalue weighted by atomic mass is 10.2. The first-order valence-electron chi connectivity index (χ1n) is 4.29. The first-order chi connectivity index (χ1) is 5.87. The van der Waals surface area contributed by atoms with Gasteiger partial charge in [0.15, 0.2) is 0 Å². The summed E-state index contributed by atoms with van der Waals surface area (Å²) in [5.74, 6) is -0.173. The average molecular weight is 316 g/mol. The van der Waals surface area contributed by atoms with E-state index in [4.69, 9.17) is 4.74 Å². The Bertz CT molecular complexity index is 163. The van der Waals surface area contributed by atoms with Crippen molar-refractivity contribution in [2.45, 2.75) is 44.0 Å². The van der Waals surface area contributed by atoms with E-state index in [9.17, 15) is 4.79 Å². The number of carbonyl (C=O) groups excluding carboxylic acids is 1. The molecule has 1 atom stereocenters. The van der Waals surface area contributed by atoms with Crippen molar-refractivity contribution in [2.75, 3.05) is 5.33 Å². The number of esters is 1. The molecule has 0 aliphatic carbocycles. The first-order valence-corrected chi connectivity index (χ1v) is 6.33. The van der Waals surface area contributed by atoms with E-state index in [0.717, 1.165) is 18.2 Å². The minimum atomic E-state index is -0.391. The molecule has 1 unspecified atom stereocenters. The fourth-order valence-electron chi connectivity index (χ4n) is 0.740. The summed E-state index contributed by atoms with van der Waals surface area (Å²) < 4.78 is 5.20. The Morgan fingerprint density at radius 2 is 2.00 bits per heavy atom. The van der Waals surface area contributed by atoms with Gasteiger partial charge >= 0.3 is 5.97 Å². The van der Waals surface area contributed by atoms with Crippen molar-refractivity contribution in [1.29, 1.82) is 0 Å². The zero-order valence-electron chi connectivity index (χ0n) is 8.27. The molecule has 0 aromatic rings. The second-order valence-corrected chi connectivity index (χ2v) is 5.73. The van der Waals surface area contributed by atoms with Crippen LogP contribution in [0.25, 0.3) is 0 Å². The highest BCUT2D eigenvalue weighted by molar-refractivity contribution is 9.10. The van der Waals surface area contributed by atoms with Crippen molar-refractivity contribution in [1.82, 2.24) is 0 Å². The molecule has 0 fully saturated rings. The van der Waals surface area contributed by atoms with Gasteiger partial charge in [-0.05, 0) is 33.6 Å². The van der Waals surface area contributed by atoms with Gasteiger partial charge in [0, 0.05) is 5.33 Å². The molecule has 0 rings (SSSR count). The highest BCUT2D eigenvalue weighted by atomic mass is 79.9. The SMILES string of the molecule is CC(C)(C)OC(=O)C(Br)CCCBr. The quantitative estimate of drug-likeness (QED) is 0.588. The van der Waals surface area contributed by atoms with E-state index in [-0.39, 0.29) is 10.8 Å². The van der Waals surface area contributed by atoms with Crippen LogP contribution < -0.4 is 0 Å². The van der Waals surface area contributed by atoms with Gasteiger partial charge in [0.25, 0.3) is 0 Å². The van der Waals surface area contributed by atoms with Gasteiger partial charge < -0.3 is 4.74 Å². The lowest BCUT2D eigenvalue weighted by molar-refractivity contribution is -0.154. The van der Waals surface area contributed by atoms with Crippen molar-refractivity contribution in [3.8, 4) is 0 Å². The third-order valence-electron chi connectivity index (χ3n) is 1.25. The Balaban J connectivity index is 3.83. The molecule has 0 saturated heterocycles. The average Bonchev–Trinajstić information content (AvgIpc) is 1.96. The molecular formula is C9H16Br2O2. The number of hydrogen-bond acceptors (Lipinski definition) is 2. The molecule has 0 aromatic carbocycles. The van der Waals surface area contributed by atoms with Crippen LogP contribution in [-0.2, 0) is 9.53 Å². The van der Waals surface area contributed by atoms with Crippen molar-refractivity contribution in [3.05, 3.63) is 0 Å². The fraction of sp³-hybridized carbons (Fsp3) is 0.889. The van der Waals surface area contributed by atoms with Crippen LogP contribution in [0.15, 0.2) is 0 Å². The zero-order valence-corrected chi connectivity index (χ0v) is 11.4. The van der Waals surface area contributed by atoms with E-state index in [0.29, 0.717) is 0 Å². The van der Waals surface area contributed by atoms with Crippen molar-refractivity contribution in [3.63, 3.8) is 0 Å². The molecule has 0 aromatic heterocycles.